The van der Waals surface area contributed by atoms with Crippen LogP contribution in [0.1, 0.15) is 0 Å². The number of ether oxygens (including phenoxy) is 1. The molecular weight excluding hydrogens is 140 g/mol. The Morgan fingerprint density at radius 1 is 1.67 bits per heavy atom. The van der Waals surface area contributed by atoms with E-state index in [1.807, 2.05) is 6.26 Å². The van der Waals surface area contributed by atoms with Crippen molar-refractivity contribution in [2.45, 2.75) is 6.10 Å². The molecule has 0 saturated carbocycles. The Morgan fingerprint density at radius 3 is 2.78 bits per heavy atom. The first-order chi connectivity index (χ1) is 4.31. The highest BCUT2D eigenvalue weighted by molar-refractivity contribution is 7.98. The average Bonchev–Trinajstić information content (AvgIpc) is 1.89. The van der Waals surface area contributed by atoms with Gasteiger partial charge in [0, 0.05) is 0 Å². The van der Waals surface area contributed by atoms with Gasteiger partial charge in [0.2, 0.25) is 0 Å². The van der Waals surface area contributed by atoms with E-state index in [1.54, 1.807) is 0 Å². The van der Waals surface area contributed by atoms with E-state index in [4.69, 9.17) is 14.9 Å². The van der Waals surface area contributed by atoms with Crippen LogP contribution in [0, 0.1) is 0 Å². The minimum absolute atomic E-state index is 0.220. The maximum Gasteiger partial charge on any atom is 0.100 e. The molecule has 0 spiro atoms. The molecule has 0 aliphatic rings. The van der Waals surface area contributed by atoms with E-state index in [0.717, 1.165) is 0 Å². The summed E-state index contributed by atoms with van der Waals surface area (Å²) in [4.78, 5) is 0. The second-order valence-corrected chi connectivity index (χ2v) is 2.43. The van der Waals surface area contributed by atoms with Crippen LogP contribution in [0.15, 0.2) is 0 Å². The zero-order valence-corrected chi connectivity index (χ0v) is 6.23. The van der Waals surface area contributed by atoms with Crippen molar-refractivity contribution in [3.05, 3.63) is 0 Å². The van der Waals surface area contributed by atoms with Gasteiger partial charge in [0.25, 0.3) is 0 Å². The van der Waals surface area contributed by atoms with Crippen molar-refractivity contribution in [1.29, 1.82) is 0 Å². The Labute approximate surface area is 59.0 Å². The van der Waals surface area contributed by atoms with Gasteiger partial charge in [-0.15, -0.1) is 11.8 Å². The van der Waals surface area contributed by atoms with Gasteiger partial charge >= 0.3 is 0 Å². The van der Waals surface area contributed by atoms with Crippen molar-refractivity contribution in [2.24, 2.45) is 0 Å². The van der Waals surface area contributed by atoms with Crippen LogP contribution in [0.5, 0.6) is 0 Å². The second-order valence-electron chi connectivity index (χ2n) is 1.61. The molecule has 0 aromatic carbocycles. The summed E-state index contributed by atoms with van der Waals surface area (Å²) in [5.41, 5.74) is 0. The average molecular weight is 152 g/mol. The van der Waals surface area contributed by atoms with E-state index < -0.39 is 6.10 Å². The minimum atomic E-state index is -0.725. The lowest BCUT2D eigenvalue weighted by atomic mass is 10.4. The van der Waals surface area contributed by atoms with Crippen LogP contribution in [-0.4, -0.2) is 41.7 Å². The molecule has 0 aliphatic carbocycles. The first-order valence-electron chi connectivity index (χ1n) is 2.67. The van der Waals surface area contributed by atoms with Crippen molar-refractivity contribution in [3.63, 3.8) is 0 Å². The van der Waals surface area contributed by atoms with E-state index in [1.165, 1.54) is 11.8 Å². The molecular formula is C5H12O3S. The zero-order valence-electron chi connectivity index (χ0n) is 5.41. The van der Waals surface area contributed by atoms with Crippen LogP contribution in [0.4, 0.5) is 0 Å². The fraction of sp³-hybridized carbons (Fsp3) is 1.00. The smallest absolute Gasteiger partial charge is 0.100 e. The highest BCUT2D eigenvalue weighted by atomic mass is 32.2. The van der Waals surface area contributed by atoms with E-state index in [0.29, 0.717) is 5.94 Å². The first kappa shape index (κ1) is 9.23. The molecule has 9 heavy (non-hydrogen) atoms. The topological polar surface area (TPSA) is 49.7 Å². The normalized spacial score (nSPS) is 13.7. The Balaban J connectivity index is 2.88. The van der Waals surface area contributed by atoms with Gasteiger partial charge in [-0.1, -0.05) is 0 Å². The van der Waals surface area contributed by atoms with Crippen molar-refractivity contribution in [1.82, 2.24) is 0 Å². The van der Waals surface area contributed by atoms with Gasteiger partial charge in [0.05, 0.1) is 19.2 Å². The van der Waals surface area contributed by atoms with Crippen molar-refractivity contribution < 1.29 is 14.9 Å². The third-order valence-electron chi connectivity index (χ3n) is 0.722. The van der Waals surface area contributed by atoms with Gasteiger partial charge in [-0.05, 0) is 6.26 Å². The Hall–Kier alpha value is 0.230. The molecule has 0 bridgehead atoms. The van der Waals surface area contributed by atoms with Crippen LogP contribution < -0.4 is 0 Å². The van der Waals surface area contributed by atoms with Crippen LogP contribution in [0.3, 0.4) is 0 Å². The van der Waals surface area contributed by atoms with Crippen LogP contribution >= 0.6 is 11.8 Å². The van der Waals surface area contributed by atoms with Crippen LogP contribution in [0.25, 0.3) is 0 Å². The Morgan fingerprint density at radius 2 is 2.33 bits per heavy atom. The fourth-order valence-electron chi connectivity index (χ4n) is 0.320. The first-order valence-corrected chi connectivity index (χ1v) is 4.06. The molecule has 0 aliphatic heterocycles. The summed E-state index contributed by atoms with van der Waals surface area (Å²) in [6.45, 7) is -0.00821. The molecule has 0 saturated heterocycles. The van der Waals surface area contributed by atoms with Crippen molar-refractivity contribution >= 4 is 11.8 Å². The highest BCUT2D eigenvalue weighted by Gasteiger charge is 1.99. The predicted octanol–water partition coefficient (Wildman–Crippen LogP) is -0.323. The summed E-state index contributed by atoms with van der Waals surface area (Å²) in [6.07, 6.45) is 1.18. The number of hydrogen-bond donors (Lipinski definition) is 2. The molecule has 0 heterocycles. The van der Waals surface area contributed by atoms with Crippen molar-refractivity contribution in [2.75, 3.05) is 25.4 Å². The summed E-state index contributed by atoms with van der Waals surface area (Å²) in [5, 5.41) is 17.0. The summed E-state index contributed by atoms with van der Waals surface area (Å²) in [6, 6.07) is 0. The van der Waals surface area contributed by atoms with E-state index in [2.05, 4.69) is 0 Å². The summed E-state index contributed by atoms with van der Waals surface area (Å²) in [7, 11) is 0. The van der Waals surface area contributed by atoms with Crippen LogP contribution in [0.2, 0.25) is 0 Å². The zero-order chi connectivity index (χ0) is 7.11. The second kappa shape index (κ2) is 6.35. The van der Waals surface area contributed by atoms with Gasteiger partial charge in [-0.3, -0.25) is 0 Å². The molecule has 0 aromatic heterocycles. The number of hydrogen-bond acceptors (Lipinski definition) is 4. The molecule has 4 heteroatoms. The monoisotopic (exact) mass is 152 g/mol. The lowest BCUT2D eigenvalue weighted by molar-refractivity contribution is 0.0210. The van der Waals surface area contributed by atoms with Gasteiger partial charge in [0.1, 0.15) is 6.10 Å². The molecule has 0 aromatic rings. The number of aliphatic hydroxyl groups excluding tert-OH is 2. The number of thioether (sulfide) groups is 1. The SMILES string of the molecule is CSCOC[C@@H](O)CO. The third-order valence-corrected chi connectivity index (χ3v) is 1.12. The van der Waals surface area contributed by atoms with E-state index >= 15 is 0 Å². The van der Waals surface area contributed by atoms with Gasteiger partial charge in [-0.25, -0.2) is 0 Å². The maximum atomic E-state index is 8.70. The molecule has 0 amide bonds. The van der Waals surface area contributed by atoms with Gasteiger partial charge in [-0.2, -0.15) is 0 Å². The lowest BCUT2D eigenvalue weighted by Crippen LogP contribution is -2.19. The predicted molar refractivity (Wildman–Crippen MR) is 37.4 cm³/mol. The molecule has 0 unspecified atom stereocenters. The molecule has 0 radical (unpaired) electrons. The fourth-order valence-corrected chi connectivity index (χ4v) is 0.583. The largest absolute Gasteiger partial charge is 0.394 e. The number of rotatable bonds is 5. The van der Waals surface area contributed by atoms with E-state index in [-0.39, 0.29) is 13.2 Å². The lowest BCUT2D eigenvalue weighted by Gasteiger charge is -2.05. The molecule has 2 N–H and O–H groups in total. The summed E-state index contributed by atoms with van der Waals surface area (Å²) < 4.78 is 4.89. The summed E-state index contributed by atoms with van der Waals surface area (Å²) in [5.74, 6) is 0.567. The van der Waals surface area contributed by atoms with Crippen LogP contribution in [-0.2, 0) is 4.74 Å². The molecule has 1 atom stereocenters. The molecule has 3 nitrogen and oxygen atoms in total. The van der Waals surface area contributed by atoms with Gasteiger partial charge < -0.3 is 14.9 Å². The Kier molecular flexibility index (Phi) is 6.51. The molecule has 56 valence electrons. The standard InChI is InChI=1S/C5H12O3S/c1-9-4-8-3-5(7)2-6/h5-7H,2-4H2,1H3/t5-/m0/s1. The molecule has 0 rings (SSSR count). The van der Waals surface area contributed by atoms with E-state index in [9.17, 15) is 0 Å². The Bertz CT molecular complexity index is 60.2. The highest BCUT2D eigenvalue weighted by Crippen LogP contribution is 1.92. The minimum Gasteiger partial charge on any atom is -0.394 e. The quantitative estimate of drug-likeness (QED) is 0.418. The third kappa shape index (κ3) is 6.11. The maximum absolute atomic E-state index is 8.70. The van der Waals surface area contributed by atoms with Crippen molar-refractivity contribution in [3.8, 4) is 0 Å². The molecule has 0 fully saturated rings. The van der Waals surface area contributed by atoms with Gasteiger partial charge in [0.15, 0.2) is 0 Å². The number of aliphatic hydroxyl groups is 2. The summed E-state index contributed by atoms with van der Waals surface area (Å²) >= 11 is 1.54.